The molecule has 2 rings (SSSR count). The summed E-state index contributed by atoms with van der Waals surface area (Å²) < 4.78 is 5.35. The highest BCUT2D eigenvalue weighted by atomic mass is 32.1. The van der Waals surface area contributed by atoms with Crippen LogP contribution in [0.4, 0.5) is 4.79 Å². The van der Waals surface area contributed by atoms with E-state index in [0.29, 0.717) is 36.5 Å². The van der Waals surface area contributed by atoms with E-state index >= 15 is 0 Å². The highest BCUT2D eigenvalue weighted by Crippen LogP contribution is 2.24. The summed E-state index contributed by atoms with van der Waals surface area (Å²) in [7, 11) is 0. The summed E-state index contributed by atoms with van der Waals surface area (Å²) >= 11 is 1.34. The van der Waals surface area contributed by atoms with Gasteiger partial charge in [-0.2, -0.15) is 0 Å². The number of carbonyl (C=O) groups excluding carboxylic acids is 3. The summed E-state index contributed by atoms with van der Waals surface area (Å²) in [6.45, 7) is 10.1. The van der Waals surface area contributed by atoms with Crippen molar-refractivity contribution < 1.29 is 19.1 Å². The van der Waals surface area contributed by atoms with Crippen molar-refractivity contribution in [3.63, 3.8) is 0 Å². The molecular formula is C18H26N2O4S. The Morgan fingerprint density at radius 3 is 2.28 bits per heavy atom. The monoisotopic (exact) mass is 366 g/mol. The third kappa shape index (κ3) is 5.36. The fraction of sp³-hybridized carbons (Fsp3) is 0.667. The Morgan fingerprint density at radius 1 is 1.20 bits per heavy atom. The Balaban J connectivity index is 1.86. The van der Waals surface area contributed by atoms with Crippen molar-refractivity contribution in [2.75, 3.05) is 13.1 Å². The van der Waals surface area contributed by atoms with Crippen molar-refractivity contribution in [1.82, 2.24) is 9.88 Å². The van der Waals surface area contributed by atoms with Gasteiger partial charge in [-0.05, 0) is 47.5 Å². The van der Waals surface area contributed by atoms with Crippen molar-refractivity contribution in [2.45, 2.75) is 59.5 Å². The van der Waals surface area contributed by atoms with E-state index in [1.807, 2.05) is 27.7 Å². The molecule has 0 aliphatic carbocycles. The minimum Gasteiger partial charge on any atom is -0.444 e. The summed E-state index contributed by atoms with van der Waals surface area (Å²) in [5.41, 5.74) is 0.168. The first-order valence-electron chi connectivity index (χ1n) is 8.54. The molecular weight excluding hydrogens is 340 g/mol. The molecule has 0 aromatic carbocycles. The van der Waals surface area contributed by atoms with Crippen molar-refractivity contribution in [1.29, 1.82) is 0 Å². The summed E-state index contributed by atoms with van der Waals surface area (Å²) in [5, 5.41) is 0.832. The molecule has 0 bridgehead atoms. The van der Waals surface area contributed by atoms with E-state index in [4.69, 9.17) is 4.74 Å². The SMILES string of the molecule is Cc1nc(C)c(C(=O)CC(=O)C2CCN(C(=O)OC(C)(C)C)CC2)s1. The number of piperidine rings is 1. The van der Waals surface area contributed by atoms with Gasteiger partial charge < -0.3 is 9.64 Å². The maximum atomic E-state index is 12.4. The largest absolute Gasteiger partial charge is 0.444 e. The molecule has 138 valence electrons. The molecule has 0 N–H and O–H groups in total. The molecule has 0 atom stereocenters. The smallest absolute Gasteiger partial charge is 0.410 e. The second-order valence-electron chi connectivity index (χ2n) is 7.46. The molecule has 7 heteroatoms. The van der Waals surface area contributed by atoms with Gasteiger partial charge in [0.05, 0.1) is 22.0 Å². The minimum atomic E-state index is -0.527. The van der Waals surface area contributed by atoms with Crippen LogP contribution in [0.3, 0.4) is 0 Å². The third-order valence-corrected chi connectivity index (χ3v) is 5.21. The van der Waals surface area contributed by atoms with Gasteiger partial charge in [-0.25, -0.2) is 9.78 Å². The van der Waals surface area contributed by atoms with Crippen molar-refractivity contribution >= 4 is 29.0 Å². The molecule has 1 amide bonds. The van der Waals surface area contributed by atoms with E-state index in [0.717, 1.165) is 5.01 Å². The van der Waals surface area contributed by atoms with Crippen LogP contribution in [-0.4, -0.2) is 46.2 Å². The number of hydrogen-bond donors (Lipinski definition) is 0. The summed E-state index contributed by atoms with van der Waals surface area (Å²) in [6, 6.07) is 0. The Bertz CT molecular complexity index is 667. The van der Waals surface area contributed by atoms with Crippen LogP contribution in [0.15, 0.2) is 0 Å². The van der Waals surface area contributed by atoms with Gasteiger partial charge in [-0.1, -0.05) is 0 Å². The Labute approximate surface area is 152 Å². The van der Waals surface area contributed by atoms with Crippen LogP contribution < -0.4 is 0 Å². The quantitative estimate of drug-likeness (QED) is 0.602. The average molecular weight is 366 g/mol. The first-order chi connectivity index (χ1) is 11.6. The second-order valence-corrected chi connectivity index (χ2v) is 8.66. The maximum Gasteiger partial charge on any atom is 0.410 e. The predicted octanol–water partition coefficient (Wildman–Crippen LogP) is 3.55. The van der Waals surface area contributed by atoms with E-state index in [-0.39, 0.29) is 30.0 Å². The lowest BCUT2D eigenvalue weighted by Gasteiger charge is -2.32. The van der Waals surface area contributed by atoms with E-state index in [1.54, 1.807) is 11.8 Å². The number of ketones is 2. The number of aryl methyl sites for hydroxylation is 2. The van der Waals surface area contributed by atoms with Gasteiger partial charge >= 0.3 is 6.09 Å². The van der Waals surface area contributed by atoms with Crippen molar-refractivity contribution in [3.8, 4) is 0 Å². The zero-order chi connectivity index (χ0) is 18.8. The van der Waals surface area contributed by atoms with E-state index in [9.17, 15) is 14.4 Å². The van der Waals surface area contributed by atoms with E-state index < -0.39 is 5.60 Å². The van der Waals surface area contributed by atoms with Gasteiger partial charge in [0.2, 0.25) is 0 Å². The standard InChI is InChI=1S/C18H26N2O4S/c1-11-16(25-12(2)19-11)15(22)10-14(21)13-6-8-20(9-7-13)17(23)24-18(3,4)5/h13H,6-10H2,1-5H3. The molecule has 0 radical (unpaired) electrons. The molecule has 25 heavy (non-hydrogen) atoms. The van der Waals surface area contributed by atoms with Gasteiger partial charge in [0.1, 0.15) is 11.4 Å². The number of ether oxygens (including phenoxy) is 1. The van der Waals surface area contributed by atoms with Crippen molar-refractivity contribution in [3.05, 3.63) is 15.6 Å². The second kappa shape index (κ2) is 7.64. The summed E-state index contributed by atoms with van der Waals surface area (Å²) in [6.07, 6.45) is 0.725. The fourth-order valence-corrected chi connectivity index (χ4v) is 3.74. The third-order valence-electron chi connectivity index (χ3n) is 4.09. The number of amides is 1. The molecule has 0 unspecified atom stereocenters. The van der Waals surface area contributed by atoms with Gasteiger partial charge in [0, 0.05) is 19.0 Å². The highest BCUT2D eigenvalue weighted by molar-refractivity contribution is 7.13. The Hall–Kier alpha value is -1.76. The van der Waals surface area contributed by atoms with Gasteiger partial charge in [0.15, 0.2) is 5.78 Å². The van der Waals surface area contributed by atoms with Crippen molar-refractivity contribution in [2.24, 2.45) is 5.92 Å². The first-order valence-corrected chi connectivity index (χ1v) is 9.36. The molecule has 1 aromatic rings. The molecule has 1 aliphatic heterocycles. The topological polar surface area (TPSA) is 76.6 Å². The minimum absolute atomic E-state index is 0.0423. The van der Waals surface area contributed by atoms with Gasteiger partial charge in [-0.3, -0.25) is 9.59 Å². The zero-order valence-corrected chi connectivity index (χ0v) is 16.4. The molecule has 2 heterocycles. The van der Waals surface area contributed by atoms with Crippen LogP contribution in [0.1, 0.15) is 60.4 Å². The number of rotatable bonds is 4. The van der Waals surface area contributed by atoms with Crippen LogP contribution in [0.5, 0.6) is 0 Å². The Morgan fingerprint density at radius 2 is 1.80 bits per heavy atom. The number of thiazole rings is 1. The summed E-state index contributed by atoms with van der Waals surface area (Å²) in [4.78, 5) is 43.3. The maximum absolute atomic E-state index is 12.4. The highest BCUT2D eigenvalue weighted by Gasteiger charge is 2.31. The molecule has 6 nitrogen and oxygen atoms in total. The number of carbonyl (C=O) groups is 3. The van der Waals surface area contributed by atoms with Gasteiger partial charge in [-0.15, -0.1) is 11.3 Å². The molecule has 1 aromatic heterocycles. The van der Waals surface area contributed by atoms with E-state index in [1.165, 1.54) is 11.3 Å². The lowest BCUT2D eigenvalue weighted by molar-refractivity contribution is -0.123. The number of hydrogen-bond acceptors (Lipinski definition) is 6. The zero-order valence-electron chi connectivity index (χ0n) is 15.5. The number of Topliss-reactive ketones (excluding diaryl/α,β-unsaturated/α-hetero) is 2. The average Bonchev–Trinajstić information content (AvgIpc) is 2.84. The lowest BCUT2D eigenvalue weighted by Crippen LogP contribution is -2.43. The molecule has 0 spiro atoms. The van der Waals surface area contributed by atoms with Crippen LogP contribution in [0, 0.1) is 19.8 Å². The van der Waals surface area contributed by atoms with E-state index in [2.05, 4.69) is 4.98 Å². The number of nitrogens with zero attached hydrogens (tertiary/aromatic N) is 2. The van der Waals surface area contributed by atoms with Crippen LogP contribution in [-0.2, 0) is 9.53 Å². The Kier molecular flexibility index (Phi) is 5.98. The molecule has 1 fully saturated rings. The van der Waals surface area contributed by atoms with Crippen LogP contribution in [0.2, 0.25) is 0 Å². The normalized spacial score (nSPS) is 16.0. The molecule has 0 saturated carbocycles. The molecule has 1 saturated heterocycles. The van der Waals surface area contributed by atoms with Crippen LogP contribution in [0.25, 0.3) is 0 Å². The number of aromatic nitrogens is 1. The lowest BCUT2D eigenvalue weighted by atomic mass is 9.90. The van der Waals surface area contributed by atoms with Gasteiger partial charge in [0.25, 0.3) is 0 Å². The first kappa shape index (κ1) is 19.6. The fourth-order valence-electron chi connectivity index (χ4n) is 2.88. The number of likely N-dealkylation sites (tertiary alicyclic amines) is 1. The summed E-state index contributed by atoms with van der Waals surface area (Å²) in [5.74, 6) is -0.362. The molecule has 1 aliphatic rings. The van der Waals surface area contributed by atoms with Crippen LogP contribution >= 0.6 is 11.3 Å². The predicted molar refractivity (Wildman–Crippen MR) is 96.1 cm³/mol.